The maximum Gasteiger partial charge on any atom is 0.240 e. The number of benzene rings is 1. The largest absolute Gasteiger partial charge is 0.385 e. The summed E-state index contributed by atoms with van der Waals surface area (Å²) < 4.78 is 26.0. The van der Waals surface area contributed by atoms with Crippen LogP contribution in [0.15, 0.2) is 29.2 Å². The molecule has 6 nitrogen and oxygen atoms in total. The van der Waals surface area contributed by atoms with Gasteiger partial charge >= 0.3 is 0 Å². The van der Waals surface area contributed by atoms with Crippen molar-refractivity contribution in [2.24, 2.45) is 0 Å². The van der Waals surface area contributed by atoms with E-state index >= 15 is 0 Å². The van der Waals surface area contributed by atoms with E-state index in [0.29, 0.717) is 26.1 Å². The molecular weight excluding hydrogens is 290 g/mol. The summed E-state index contributed by atoms with van der Waals surface area (Å²) in [5.41, 5.74) is 0.786. The fourth-order valence-electron chi connectivity index (χ4n) is 1.70. The quantitative estimate of drug-likeness (QED) is 0.641. The van der Waals surface area contributed by atoms with E-state index < -0.39 is 10.0 Å². The van der Waals surface area contributed by atoms with Gasteiger partial charge in [-0.15, -0.1) is 0 Å². The van der Waals surface area contributed by atoms with E-state index in [2.05, 4.69) is 15.4 Å². The second-order valence-corrected chi connectivity index (χ2v) is 6.32. The number of amides is 1. The Kier molecular flexibility index (Phi) is 7.18. The topological polar surface area (TPSA) is 87.3 Å². The van der Waals surface area contributed by atoms with Crippen LogP contribution in [0.1, 0.15) is 26.7 Å². The number of sulfonamides is 1. The molecule has 0 spiro atoms. The highest BCUT2D eigenvalue weighted by Crippen LogP contribution is 2.13. The highest BCUT2D eigenvalue weighted by Gasteiger charge is 2.11. The molecule has 0 saturated heterocycles. The number of nitrogens with one attached hydrogen (secondary N) is 3. The lowest BCUT2D eigenvalue weighted by Gasteiger charge is -2.08. The standard InChI is InChI=1S/C14H23N3O3S/c1-3-10-16-14(18)9-11-15-12-5-7-13(8-6-12)21(19,20)17-4-2/h5-8,15,17H,3-4,9-11H2,1-2H3,(H,16,18). The van der Waals surface area contributed by atoms with Crippen LogP contribution < -0.4 is 15.4 Å². The molecule has 0 heterocycles. The molecular formula is C14H23N3O3S. The minimum Gasteiger partial charge on any atom is -0.385 e. The maximum atomic E-state index is 11.8. The molecule has 7 heteroatoms. The van der Waals surface area contributed by atoms with Gasteiger partial charge in [-0.25, -0.2) is 13.1 Å². The molecule has 118 valence electrons. The Labute approximate surface area is 126 Å². The van der Waals surface area contributed by atoms with Crippen LogP contribution in [0.5, 0.6) is 0 Å². The van der Waals surface area contributed by atoms with Crippen molar-refractivity contribution >= 4 is 21.6 Å². The van der Waals surface area contributed by atoms with Crippen molar-refractivity contribution in [3.05, 3.63) is 24.3 Å². The van der Waals surface area contributed by atoms with Gasteiger partial charge in [0.15, 0.2) is 0 Å². The van der Waals surface area contributed by atoms with Crippen molar-refractivity contribution < 1.29 is 13.2 Å². The van der Waals surface area contributed by atoms with Crippen molar-refractivity contribution in [2.45, 2.75) is 31.6 Å². The minimum absolute atomic E-state index is 0.00990. The van der Waals surface area contributed by atoms with E-state index in [0.717, 1.165) is 12.1 Å². The molecule has 1 amide bonds. The zero-order valence-electron chi connectivity index (χ0n) is 12.5. The molecule has 0 unspecified atom stereocenters. The Balaban J connectivity index is 2.47. The van der Waals surface area contributed by atoms with Crippen molar-refractivity contribution in [1.29, 1.82) is 0 Å². The van der Waals surface area contributed by atoms with Crippen molar-refractivity contribution in [3.8, 4) is 0 Å². The zero-order valence-corrected chi connectivity index (χ0v) is 13.3. The van der Waals surface area contributed by atoms with E-state index in [1.165, 1.54) is 12.1 Å². The van der Waals surface area contributed by atoms with E-state index in [-0.39, 0.29) is 10.8 Å². The van der Waals surface area contributed by atoms with Gasteiger partial charge in [0.2, 0.25) is 15.9 Å². The molecule has 0 aliphatic heterocycles. The summed E-state index contributed by atoms with van der Waals surface area (Å²) in [5, 5.41) is 5.88. The number of hydrogen-bond donors (Lipinski definition) is 3. The molecule has 0 fully saturated rings. The van der Waals surface area contributed by atoms with Crippen molar-refractivity contribution in [1.82, 2.24) is 10.0 Å². The molecule has 21 heavy (non-hydrogen) atoms. The van der Waals surface area contributed by atoms with Crippen molar-refractivity contribution in [2.75, 3.05) is 25.0 Å². The van der Waals surface area contributed by atoms with Gasteiger partial charge in [-0.3, -0.25) is 4.79 Å². The third-order valence-electron chi connectivity index (χ3n) is 2.75. The van der Waals surface area contributed by atoms with Crippen LogP contribution in [-0.4, -0.2) is 34.0 Å². The normalized spacial score (nSPS) is 11.1. The Hall–Kier alpha value is -1.60. The first-order chi connectivity index (χ1) is 9.99. The molecule has 1 aromatic carbocycles. The molecule has 1 rings (SSSR count). The molecule has 0 aliphatic carbocycles. The molecule has 3 N–H and O–H groups in total. The number of anilines is 1. The van der Waals surface area contributed by atoms with Crippen LogP contribution in [0.25, 0.3) is 0 Å². The Morgan fingerprint density at radius 2 is 1.76 bits per heavy atom. The molecule has 0 aromatic heterocycles. The van der Waals surface area contributed by atoms with Gasteiger partial charge in [0.05, 0.1) is 4.90 Å². The van der Waals surface area contributed by atoms with Crippen molar-refractivity contribution in [3.63, 3.8) is 0 Å². The third kappa shape index (κ3) is 6.14. The lowest BCUT2D eigenvalue weighted by atomic mass is 10.3. The summed E-state index contributed by atoms with van der Waals surface area (Å²) in [6.45, 7) is 5.29. The number of rotatable bonds is 9. The van der Waals surface area contributed by atoms with E-state index in [4.69, 9.17) is 0 Å². The molecule has 0 aliphatic rings. The van der Waals surface area contributed by atoms with Crippen LogP contribution in [-0.2, 0) is 14.8 Å². The highest BCUT2D eigenvalue weighted by atomic mass is 32.2. The smallest absolute Gasteiger partial charge is 0.240 e. The fraction of sp³-hybridized carbons (Fsp3) is 0.500. The number of carbonyl (C=O) groups is 1. The summed E-state index contributed by atoms with van der Waals surface area (Å²) in [5.74, 6) is 0.00990. The summed E-state index contributed by atoms with van der Waals surface area (Å²) in [6.07, 6.45) is 1.30. The third-order valence-corrected chi connectivity index (χ3v) is 4.31. The van der Waals surface area contributed by atoms with Gasteiger partial charge in [0.1, 0.15) is 0 Å². The Bertz CT molecular complexity index is 541. The van der Waals surface area contributed by atoms with Crippen LogP contribution in [0.2, 0.25) is 0 Å². The summed E-state index contributed by atoms with van der Waals surface area (Å²) >= 11 is 0. The fourth-order valence-corrected chi connectivity index (χ4v) is 2.74. The van der Waals surface area contributed by atoms with Gasteiger partial charge in [0.25, 0.3) is 0 Å². The Morgan fingerprint density at radius 1 is 1.10 bits per heavy atom. The molecule has 0 atom stereocenters. The van der Waals surface area contributed by atoms with Gasteiger partial charge in [0, 0.05) is 31.7 Å². The molecule has 0 bridgehead atoms. The average molecular weight is 313 g/mol. The first kappa shape index (κ1) is 17.5. The molecule has 0 saturated carbocycles. The SMILES string of the molecule is CCCNC(=O)CCNc1ccc(S(=O)(=O)NCC)cc1. The van der Waals surface area contributed by atoms with E-state index in [1.54, 1.807) is 19.1 Å². The predicted octanol–water partition coefficient (Wildman–Crippen LogP) is 1.31. The van der Waals surface area contributed by atoms with E-state index in [1.807, 2.05) is 6.92 Å². The summed E-state index contributed by atoms with van der Waals surface area (Å²) in [6, 6.07) is 6.46. The minimum atomic E-state index is -3.41. The maximum absolute atomic E-state index is 11.8. The highest BCUT2D eigenvalue weighted by molar-refractivity contribution is 7.89. The lowest BCUT2D eigenvalue weighted by Crippen LogP contribution is -2.25. The lowest BCUT2D eigenvalue weighted by molar-refractivity contribution is -0.120. The van der Waals surface area contributed by atoms with Gasteiger partial charge in [-0.1, -0.05) is 13.8 Å². The van der Waals surface area contributed by atoms with Gasteiger partial charge in [-0.2, -0.15) is 0 Å². The van der Waals surface area contributed by atoms with Gasteiger partial charge < -0.3 is 10.6 Å². The molecule has 1 aromatic rings. The van der Waals surface area contributed by atoms with Crippen LogP contribution in [0.4, 0.5) is 5.69 Å². The summed E-state index contributed by atoms with van der Waals surface area (Å²) in [4.78, 5) is 11.6. The van der Waals surface area contributed by atoms with E-state index in [9.17, 15) is 13.2 Å². The van der Waals surface area contributed by atoms with Crippen LogP contribution in [0, 0.1) is 0 Å². The second kappa shape index (κ2) is 8.63. The number of hydrogen-bond acceptors (Lipinski definition) is 4. The van der Waals surface area contributed by atoms with Crippen LogP contribution in [0.3, 0.4) is 0 Å². The summed E-state index contributed by atoms with van der Waals surface area (Å²) in [7, 11) is -3.41. The predicted molar refractivity (Wildman–Crippen MR) is 83.7 cm³/mol. The first-order valence-electron chi connectivity index (χ1n) is 7.10. The zero-order chi connectivity index (χ0) is 15.7. The average Bonchev–Trinajstić information content (AvgIpc) is 2.45. The van der Waals surface area contributed by atoms with Crippen LogP contribution >= 0.6 is 0 Å². The van der Waals surface area contributed by atoms with Gasteiger partial charge in [-0.05, 0) is 30.7 Å². The monoisotopic (exact) mass is 313 g/mol. The number of carbonyl (C=O) groups excluding carboxylic acids is 1. The molecule has 0 radical (unpaired) electrons. The second-order valence-electron chi connectivity index (χ2n) is 4.55. The first-order valence-corrected chi connectivity index (χ1v) is 8.58. The Morgan fingerprint density at radius 3 is 2.33 bits per heavy atom.